The molecule has 1 atom stereocenters. The van der Waals surface area contributed by atoms with Crippen LogP contribution in [0.3, 0.4) is 0 Å². The largest absolute Gasteiger partial charge is 0.349 e. The van der Waals surface area contributed by atoms with E-state index < -0.39 is 0 Å². The summed E-state index contributed by atoms with van der Waals surface area (Å²) in [6.07, 6.45) is 0.267. The number of halogens is 1. The molecule has 2 rings (SSSR count). The summed E-state index contributed by atoms with van der Waals surface area (Å²) in [6, 6.07) is 7.12. The number of hydrogen-bond acceptors (Lipinski definition) is 2. The molecule has 4 nitrogen and oxygen atoms in total. The summed E-state index contributed by atoms with van der Waals surface area (Å²) >= 11 is 5.91. The van der Waals surface area contributed by atoms with Gasteiger partial charge in [-0.25, -0.2) is 0 Å². The third kappa shape index (κ3) is 2.48. The topological polar surface area (TPSA) is 40.6 Å². The number of carbonyl (C=O) groups excluding carboxylic acids is 2. The standard InChI is InChI=1S/C13H15ClN2O2/c1-15(2)13(18)9-6-12(17)16(8-9)11-5-3-4-10(14)7-11/h3-5,7,9H,6,8H2,1-2H3. The molecule has 0 bridgehead atoms. The Morgan fingerprint density at radius 3 is 2.78 bits per heavy atom. The second kappa shape index (κ2) is 4.98. The first-order valence-corrected chi connectivity index (χ1v) is 6.14. The van der Waals surface area contributed by atoms with Gasteiger partial charge in [-0.05, 0) is 18.2 Å². The predicted octanol–water partition coefficient (Wildman–Crippen LogP) is 1.78. The molecule has 18 heavy (non-hydrogen) atoms. The van der Waals surface area contributed by atoms with Crippen molar-refractivity contribution in [3.8, 4) is 0 Å². The molecular formula is C13H15ClN2O2. The van der Waals surface area contributed by atoms with Gasteiger partial charge < -0.3 is 9.80 Å². The number of nitrogens with zero attached hydrogens (tertiary/aromatic N) is 2. The van der Waals surface area contributed by atoms with Gasteiger partial charge in [-0.2, -0.15) is 0 Å². The van der Waals surface area contributed by atoms with Gasteiger partial charge in [0, 0.05) is 37.8 Å². The SMILES string of the molecule is CN(C)C(=O)C1CC(=O)N(c2cccc(Cl)c2)C1. The average Bonchev–Trinajstić information content (AvgIpc) is 2.70. The molecule has 0 spiro atoms. The zero-order valence-electron chi connectivity index (χ0n) is 10.4. The van der Waals surface area contributed by atoms with Gasteiger partial charge in [-0.3, -0.25) is 9.59 Å². The van der Waals surface area contributed by atoms with Crippen LogP contribution in [0.2, 0.25) is 5.02 Å². The molecule has 1 aliphatic rings. The van der Waals surface area contributed by atoms with Crippen molar-refractivity contribution in [2.45, 2.75) is 6.42 Å². The van der Waals surface area contributed by atoms with E-state index in [9.17, 15) is 9.59 Å². The minimum atomic E-state index is -0.258. The van der Waals surface area contributed by atoms with Crippen LogP contribution < -0.4 is 4.90 Å². The first-order chi connectivity index (χ1) is 8.49. The van der Waals surface area contributed by atoms with E-state index in [0.717, 1.165) is 5.69 Å². The summed E-state index contributed by atoms with van der Waals surface area (Å²) in [4.78, 5) is 26.9. The molecule has 1 aliphatic heterocycles. The highest BCUT2D eigenvalue weighted by molar-refractivity contribution is 6.30. The van der Waals surface area contributed by atoms with Crippen LogP contribution in [0.4, 0.5) is 5.69 Å². The Bertz CT molecular complexity index is 488. The van der Waals surface area contributed by atoms with Crippen LogP contribution in [0, 0.1) is 5.92 Å². The predicted molar refractivity (Wildman–Crippen MR) is 70.6 cm³/mol. The molecule has 2 amide bonds. The molecule has 96 valence electrons. The molecule has 0 aromatic heterocycles. The summed E-state index contributed by atoms with van der Waals surface area (Å²) in [7, 11) is 3.41. The first-order valence-electron chi connectivity index (χ1n) is 5.76. The van der Waals surface area contributed by atoms with Gasteiger partial charge in [-0.15, -0.1) is 0 Å². The van der Waals surface area contributed by atoms with Crippen molar-refractivity contribution in [2.75, 3.05) is 25.5 Å². The van der Waals surface area contributed by atoms with Crippen LogP contribution in [0.1, 0.15) is 6.42 Å². The van der Waals surface area contributed by atoms with Crippen LogP contribution in [0.5, 0.6) is 0 Å². The van der Waals surface area contributed by atoms with E-state index in [1.807, 2.05) is 6.07 Å². The number of amides is 2. The highest BCUT2D eigenvalue weighted by atomic mass is 35.5. The molecule has 1 saturated heterocycles. The second-order valence-corrected chi connectivity index (χ2v) is 5.05. The number of benzene rings is 1. The van der Waals surface area contributed by atoms with E-state index in [1.165, 1.54) is 4.90 Å². The summed E-state index contributed by atoms with van der Waals surface area (Å²) in [5.41, 5.74) is 0.751. The van der Waals surface area contributed by atoms with Gasteiger partial charge in [-0.1, -0.05) is 17.7 Å². The molecule has 1 aromatic rings. The lowest BCUT2D eigenvalue weighted by Crippen LogP contribution is -2.32. The minimum absolute atomic E-state index is 0.00659. The molecule has 0 N–H and O–H groups in total. The molecule has 0 saturated carbocycles. The minimum Gasteiger partial charge on any atom is -0.349 e. The number of anilines is 1. The first kappa shape index (κ1) is 12.9. The van der Waals surface area contributed by atoms with Crippen LogP contribution >= 0.6 is 11.6 Å². The monoisotopic (exact) mass is 266 g/mol. The van der Waals surface area contributed by atoms with E-state index in [1.54, 1.807) is 37.2 Å². The van der Waals surface area contributed by atoms with Gasteiger partial charge >= 0.3 is 0 Å². The fraction of sp³-hybridized carbons (Fsp3) is 0.385. The second-order valence-electron chi connectivity index (χ2n) is 4.62. The fourth-order valence-corrected chi connectivity index (χ4v) is 2.32. The quantitative estimate of drug-likeness (QED) is 0.819. The molecule has 1 fully saturated rings. The summed E-state index contributed by atoms with van der Waals surface area (Å²) in [6.45, 7) is 0.427. The maximum absolute atomic E-state index is 11.9. The summed E-state index contributed by atoms with van der Waals surface area (Å²) in [5, 5.41) is 0.586. The maximum Gasteiger partial charge on any atom is 0.227 e. The van der Waals surface area contributed by atoms with Crippen LogP contribution in [-0.2, 0) is 9.59 Å². The normalized spacial score (nSPS) is 19.2. The van der Waals surface area contributed by atoms with Gasteiger partial charge in [0.1, 0.15) is 0 Å². The van der Waals surface area contributed by atoms with Gasteiger partial charge in [0.2, 0.25) is 11.8 Å². The molecular weight excluding hydrogens is 252 g/mol. The van der Waals surface area contributed by atoms with Gasteiger partial charge in [0.15, 0.2) is 0 Å². The van der Waals surface area contributed by atoms with Crippen molar-refractivity contribution >= 4 is 29.1 Å². The molecule has 5 heteroatoms. The summed E-state index contributed by atoms with van der Waals surface area (Å²) in [5.74, 6) is -0.295. The highest BCUT2D eigenvalue weighted by Gasteiger charge is 2.35. The molecule has 0 radical (unpaired) electrons. The lowest BCUT2D eigenvalue weighted by Gasteiger charge is -2.18. The van der Waals surface area contributed by atoms with Crippen molar-refractivity contribution in [3.63, 3.8) is 0 Å². The fourth-order valence-electron chi connectivity index (χ4n) is 2.13. The smallest absolute Gasteiger partial charge is 0.227 e. The maximum atomic E-state index is 11.9. The van der Waals surface area contributed by atoms with E-state index in [0.29, 0.717) is 11.6 Å². The highest BCUT2D eigenvalue weighted by Crippen LogP contribution is 2.27. The Labute approximate surface area is 111 Å². The molecule has 0 aliphatic carbocycles. The van der Waals surface area contributed by atoms with Crippen molar-refractivity contribution in [1.29, 1.82) is 0 Å². The van der Waals surface area contributed by atoms with Crippen molar-refractivity contribution < 1.29 is 9.59 Å². The van der Waals surface area contributed by atoms with Crippen LogP contribution in [-0.4, -0.2) is 37.4 Å². The van der Waals surface area contributed by atoms with Gasteiger partial charge in [0.05, 0.1) is 5.92 Å². The lowest BCUT2D eigenvalue weighted by atomic mass is 10.1. The van der Waals surface area contributed by atoms with E-state index in [4.69, 9.17) is 11.6 Å². The molecule has 1 unspecified atom stereocenters. The number of carbonyl (C=O) groups is 2. The third-order valence-corrected chi connectivity index (χ3v) is 3.27. The van der Waals surface area contributed by atoms with Crippen LogP contribution in [0.15, 0.2) is 24.3 Å². The zero-order valence-corrected chi connectivity index (χ0v) is 11.1. The Balaban J connectivity index is 2.17. The zero-order chi connectivity index (χ0) is 13.3. The van der Waals surface area contributed by atoms with E-state index >= 15 is 0 Å². The number of rotatable bonds is 2. The van der Waals surface area contributed by atoms with E-state index in [2.05, 4.69) is 0 Å². The van der Waals surface area contributed by atoms with Crippen LogP contribution in [0.25, 0.3) is 0 Å². The Kier molecular flexibility index (Phi) is 3.57. The Morgan fingerprint density at radius 2 is 2.17 bits per heavy atom. The molecule has 1 aromatic carbocycles. The Hall–Kier alpha value is -1.55. The Morgan fingerprint density at radius 1 is 1.44 bits per heavy atom. The van der Waals surface area contributed by atoms with Crippen molar-refractivity contribution in [1.82, 2.24) is 4.90 Å². The summed E-state index contributed by atoms with van der Waals surface area (Å²) < 4.78 is 0. The molecule has 1 heterocycles. The van der Waals surface area contributed by atoms with Crippen molar-refractivity contribution in [2.24, 2.45) is 5.92 Å². The third-order valence-electron chi connectivity index (χ3n) is 3.03. The number of hydrogen-bond donors (Lipinski definition) is 0. The van der Waals surface area contributed by atoms with E-state index in [-0.39, 0.29) is 24.2 Å². The van der Waals surface area contributed by atoms with Gasteiger partial charge in [0.25, 0.3) is 0 Å². The van der Waals surface area contributed by atoms with Crippen molar-refractivity contribution in [3.05, 3.63) is 29.3 Å². The lowest BCUT2D eigenvalue weighted by molar-refractivity contribution is -0.133. The average molecular weight is 267 g/mol.